The lowest BCUT2D eigenvalue weighted by atomic mass is 10.0. The number of carbonyl (C=O) groups is 2. The van der Waals surface area contributed by atoms with Crippen LogP contribution in [-0.4, -0.2) is 67.3 Å². The highest BCUT2D eigenvalue weighted by molar-refractivity contribution is 6.04. The van der Waals surface area contributed by atoms with E-state index in [9.17, 15) is 14.7 Å². The van der Waals surface area contributed by atoms with E-state index in [2.05, 4.69) is 16.8 Å². The van der Waals surface area contributed by atoms with E-state index in [0.29, 0.717) is 42.4 Å². The first-order valence-corrected chi connectivity index (χ1v) is 12.6. The molecular weight excluding hydrogens is 519 g/mol. The number of hydrogen-bond acceptors (Lipinski definition) is 7. The third-order valence-corrected chi connectivity index (χ3v) is 6.80. The van der Waals surface area contributed by atoms with E-state index in [-0.39, 0.29) is 29.2 Å². The van der Waals surface area contributed by atoms with E-state index >= 15 is 4.39 Å². The molecule has 2 N–H and O–H groups in total. The van der Waals surface area contributed by atoms with E-state index < -0.39 is 5.97 Å². The molecule has 12 heteroatoms. The Morgan fingerprint density at radius 1 is 1.07 bits per heavy atom. The van der Waals surface area contributed by atoms with Crippen molar-refractivity contribution in [1.29, 1.82) is 0 Å². The van der Waals surface area contributed by atoms with E-state index in [1.165, 1.54) is 29.7 Å². The summed E-state index contributed by atoms with van der Waals surface area (Å²) in [5.41, 5.74) is 1.88. The first kappa shape index (κ1) is 28.1. The molecule has 1 fully saturated rings. The molecule has 0 aliphatic carbocycles. The molecule has 5 rings (SSSR count). The van der Waals surface area contributed by atoms with Crippen LogP contribution in [-0.2, 0) is 4.79 Å². The van der Waals surface area contributed by atoms with Crippen molar-refractivity contribution in [3.8, 4) is 16.9 Å². The quantitative estimate of drug-likeness (QED) is 0.269. The molecule has 1 aromatic carbocycles. The summed E-state index contributed by atoms with van der Waals surface area (Å²) in [5, 5.41) is 18.1. The van der Waals surface area contributed by atoms with Crippen molar-refractivity contribution in [3.63, 3.8) is 0 Å². The van der Waals surface area contributed by atoms with Crippen molar-refractivity contribution < 1.29 is 24.3 Å². The summed E-state index contributed by atoms with van der Waals surface area (Å²) in [7, 11) is 0. The summed E-state index contributed by atoms with van der Waals surface area (Å²) in [6.45, 7) is 7.57. The van der Waals surface area contributed by atoms with Gasteiger partial charge in [-0.25, -0.2) is 19.2 Å². The molecule has 1 aliphatic heterocycles. The maximum absolute atomic E-state index is 15.1. The normalized spacial score (nSPS) is 15.1. The number of anilines is 1. The number of benzene rings is 1. The van der Waals surface area contributed by atoms with Crippen LogP contribution in [0.3, 0.4) is 0 Å². The van der Waals surface area contributed by atoms with Crippen molar-refractivity contribution in [2.24, 2.45) is 11.3 Å². The highest BCUT2D eigenvalue weighted by atomic mass is 19.1. The van der Waals surface area contributed by atoms with Crippen LogP contribution in [0.5, 0.6) is 0 Å². The lowest BCUT2D eigenvalue weighted by Crippen LogP contribution is -2.54. The number of rotatable bonds is 5. The fourth-order valence-corrected chi connectivity index (χ4v) is 4.98. The second-order valence-corrected chi connectivity index (χ2v) is 9.69. The Bertz CT molecular complexity index is 1560. The van der Waals surface area contributed by atoms with Crippen molar-refractivity contribution in [3.05, 3.63) is 77.3 Å². The van der Waals surface area contributed by atoms with E-state index in [1.54, 1.807) is 35.2 Å². The topological polar surface area (TPSA) is 141 Å². The molecule has 4 aromatic rings. The van der Waals surface area contributed by atoms with E-state index in [1.807, 2.05) is 24.8 Å². The molecule has 4 heterocycles. The molecule has 1 aliphatic rings. The smallest absolute Gasteiger partial charge is 0.335 e. The van der Waals surface area contributed by atoms with Crippen LogP contribution in [0.2, 0.25) is 0 Å². The largest absolute Gasteiger partial charge is 0.478 e. The summed E-state index contributed by atoms with van der Waals surface area (Å²) < 4.78 is 16.8. The van der Waals surface area contributed by atoms with Gasteiger partial charge >= 0.3 is 5.97 Å². The van der Waals surface area contributed by atoms with Gasteiger partial charge in [0.15, 0.2) is 5.34 Å². The molecule has 0 spiro atoms. The number of aromatic nitrogens is 3. The van der Waals surface area contributed by atoms with Gasteiger partial charge in [-0.15, -0.1) is 4.91 Å². The zero-order valence-electron chi connectivity index (χ0n) is 22.2. The van der Waals surface area contributed by atoms with Crippen LogP contribution in [0.4, 0.5) is 10.2 Å². The van der Waals surface area contributed by atoms with Crippen LogP contribution in [0, 0.1) is 16.6 Å². The monoisotopic (exact) mass is 548 g/mol. The molecule has 1 atom stereocenters. The van der Waals surface area contributed by atoms with Gasteiger partial charge in [-0.2, -0.15) is 0 Å². The number of pyridine rings is 2. The maximum Gasteiger partial charge on any atom is 0.335 e. The number of piperazine rings is 1. The zero-order valence-corrected chi connectivity index (χ0v) is 22.2. The Kier molecular flexibility index (Phi) is 8.37. The standard InChI is InChI=1S/C28H28FN5O3.HNO2/c1-17(2)27(35)32-12-13-33(18(3)15-32)26-25-21(20-6-4-5-7-22(20)29)16-34(23(25)9-11-31-26)24-14-19(28(36)37)8-10-30-24;2-1-3/h4-11,14,16-18H,12-13,15H2,1-3H3,(H,36,37);(H,2,3)/t18-;/m0./s1. The number of aromatic carboxylic acids is 1. The van der Waals surface area contributed by atoms with Gasteiger partial charge in [0.1, 0.15) is 17.5 Å². The Hall–Kier alpha value is -4.87. The van der Waals surface area contributed by atoms with Gasteiger partial charge < -0.3 is 24.7 Å². The Balaban J connectivity index is 0.00000118. The third kappa shape index (κ3) is 5.46. The number of fused-ring (bicyclic) bond motifs is 1. The Labute approximate surface area is 229 Å². The molecule has 0 unspecified atom stereocenters. The number of carboxylic acid groups (broad SMARTS) is 1. The summed E-state index contributed by atoms with van der Waals surface area (Å²) in [5.74, 6) is -0.280. The Morgan fingerprint density at radius 3 is 2.42 bits per heavy atom. The second kappa shape index (κ2) is 11.9. The van der Waals surface area contributed by atoms with Gasteiger partial charge in [-0.05, 0) is 31.2 Å². The van der Waals surface area contributed by atoms with Gasteiger partial charge in [-0.1, -0.05) is 32.0 Å². The first-order chi connectivity index (χ1) is 19.2. The molecule has 0 radical (unpaired) electrons. The van der Waals surface area contributed by atoms with Crippen LogP contribution in [0.15, 0.2) is 66.4 Å². The van der Waals surface area contributed by atoms with Crippen molar-refractivity contribution in [2.75, 3.05) is 24.5 Å². The minimum Gasteiger partial charge on any atom is -0.478 e. The lowest BCUT2D eigenvalue weighted by molar-refractivity contribution is -0.135. The van der Waals surface area contributed by atoms with Crippen molar-refractivity contribution >= 4 is 28.6 Å². The van der Waals surface area contributed by atoms with Crippen LogP contribution >= 0.6 is 0 Å². The summed E-state index contributed by atoms with van der Waals surface area (Å²) in [6.07, 6.45) is 4.92. The van der Waals surface area contributed by atoms with Gasteiger partial charge in [-0.3, -0.25) is 4.79 Å². The van der Waals surface area contributed by atoms with Crippen LogP contribution in [0.1, 0.15) is 31.1 Å². The number of carboxylic acids is 1. The van der Waals surface area contributed by atoms with Crippen LogP contribution in [0.25, 0.3) is 27.8 Å². The summed E-state index contributed by atoms with van der Waals surface area (Å²) in [4.78, 5) is 45.5. The minimum absolute atomic E-state index is 0.0140. The van der Waals surface area contributed by atoms with Crippen molar-refractivity contribution in [1.82, 2.24) is 19.4 Å². The summed E-state index contributed by atoms with van der Waals surface area (Å²) in [6, 6.07) is 11.3. The fourth-order valence-electron chi connectivity index (χ4n) is 4.98. The molecule has 3 aromatic heterocycles. The highest BCUT2D eigenvalue weighted by Crippen LogP contribution is 2.39. The van der Waals surface area contributed by atoms with E-state index in [0.717, 1.165) is 10.9 Å². The van der Waals surface area contributed by atoms with E-state index in [4.69, 9.17) is 15.1 Å². The molecule has 208 valence electrons. The van der Waals surface area contributed by atoms with Gasteiger partial charge in [0.2, 0.25) is 5.91 Å². The molecule has 1 amide bonds. The van der Waals surface area contributed by atoms with Gasteiger partial charge in [0.05, 0.1) is 16.5 Å². The third-order valence-electron chi connectivity index (χ3n) is 6.80. The SMILES string of the molecule is CC(C)C(=O)N1CCN(c2nccc3c2c(-c2ccccc2F)cn3-c2cc(C(=O)O)ccn2)[C@@H](C)C1.O=NO. The summed E-state index contributed by atoms with van der Waals surface area (Å²) >= 11 is 0. The van der Waals surface area contributed by atoms with Crippen LogP contribution < -0.4 is 4.90 Å². The average molecular weight is 549 g/mol. The Morgan fingerprint density at radius 2 is 1.77 bits per heavy atom. The zero-order chi connectivity index (χ0) is 29.0. The number of carbonyl (C=O) groups excluding carboxylic acids is 1. The number of amides is 1. The lowest BCUT2D eigenvalue weighted by Gasteiger charge is -2.41. The molecule has 0 bridgehead atoms. The predicted octanol–water partition coefficient (Wildman–Crippen LogP) is 4.76. The molecule has 0 saturated carbocycles. The molecule has 40 heavy (non-hydrogen) atoms. The number of nitrogens with zero attached hydrogens (tertiary/aromatic N) is 6. The van der Waals surface area contributed by atoms with Gasteiger partial charge in [0.25, 0.3) is 0 Å². The molecule has 11 nitrogen and oxygen atoms in total. The average Bonchev–Trinajstić information content (AvgIpc) is 3.33. The first-order valence-electron chi connectivity index (χ1n) is 12.6. The molecule has 1 saturated heterocycles. The molecular formula is C28H29FN6O5. The van der Waals surface area contributed by atoms with Gasteiger partial charge in [0, 0.05) is 61.3 Å². The predicted molar refractivity (Wildman–Crippen MR) is 147 cm³/mol. The number of halogens is 1. The highest BCUT2D eigenvalue weighted by Gasteiger charge is 2.31. The maximum atomic E-state index is 15.1. The second-order valence-electron chi connectivity index (χ2n) is 9.69. The van der Waals surface area contributed by atoms with Crippen molar-refractivity contribution in [2.45, 2.75) is 26.8 Å². The minimum atomic E-state index is -1.06. The fraction of sp³-hybridized carbons (Fsp3) is 0.286. The number of hydrogen-bond donors (Lipinski definition) is 2.